The van der Waals surface area contributed by atoms with Gasteiger partial charge in [0.05, 0.1) is 11.3 Å². The van der Waals surface area contributed by atoms with Crippen LogP contribution < -0.4 is 0 Å². The molecule has 3 aromatic rings. The average molecular weight is 305 g/mol. The van der Waals surface area contributed by atoms with E-state index in [0.717, 1.165) is 9.75 Å². The van der Waals surface area contributed by atoms with Gasteiger partial charge in [0, 0.05) is 10.9 Å². The van der Waals surface area contributed by atoms with Gasteiger partial charge in [-0.15, -0.1) is 22.7 Å². The summed E-state index contributed by atoms with van der Waals surface area (Å²) < 4.78 is 10.4. The lowest BCUT2D eigenvalue weighted by Crippen LogP contribution is -2.07. The fourth-order valence-corrected chi connectivity index (χ4v) is 3.04. The van der Waals surface area contributed by atoms with Crippen LogP contribution in [0.25, 0.3) is 10.6 Å². The quantitative estimate of drug-likeness (QED) is 0.674. The summed E-state index contributed by atoms with van der Waals surface area (Å²) in [5.41, 5.74) is 0.618. The van der Waals surface area contributed by atoms with Crippen molar-refractivity contribution in [3.63, 3.8) is 0 Å². The lowest BCUT2D eigenvalue weighted by Gasteiger charge is -2.00. The van der Waals surface area contributed by atoms with Crippen LogP contribution in [0.2, 0.25) is 0 Å². The highest BCUT2D eigenvalue weighted by atomic mass is 32.1. The Kier molecular flexibility index (Phi) is 3.94. The van der Waals surface area contributed by atoms with Crippen LogP contribution in [-0.4, -0.2) is 11.1 Å². The molecule has 0 spiro atoms. The SMILES string of the molecule is O=C(Cc1cccs1)OCc1cc(-c2cccs2)on1. The predicted molar refractivity (Wildman–Crippen MR) is 77.6 cm³/mol. The van der Waals surface area contributed by atoms with E-state index in [1.54, 1.807) is 28.7 Å². The van der Waals surface area contributed by atoms with Crippen molar-refractivity contribution in [3.8, 4) is 10.6 Å². The summed E-state index contributed by atoms with van der Waals surface area (Å²) in [6.07, 6.45) is 0.299. The lowest BCUT2D eigenvalue weighted by molar-refractivity contribution is -0.144. The summed E-state index contributed by atoms with van der Waals surface area (Å²) >= 11 is 3.12. The summed E-state index contributed by atoms with van der Waals surface area (Å²) in [7, 11) is 0. The van der Waals surface area contributed by atoms with Gasteiger partial charge in [-0.2, -0.15) is 0 Å². The molecule has 0 bridgehead atoms. The third-order valence-corrected chi connectivity index (χ3v) is 4.36. The molecule has 3 aromatic heterocycles. The molecular weight excluding hydrogens is 294 g/mol. The van der Waals surface area contributed by atoms with Crippen LogP contribution >= 0.6 is 22.7 Å². The zero-order chi connectivity index (χ0) is 13.8. The minimum absolute atomic E-state index is 0.138. The zero-order valence-electron chi connectivity index (χ0n) is 10.4. The van der Waals surface area contributed by atoms with Gasteiger partial charge in [-0.1, -0.05) is 17.3 Å². The highest BCUT2D eigenvalue weighted by Crippen LogP contribution is 2.25. The fraction of sp³-hybridized carbons (Fsp3) is 0.143. The molecule has 0 fully saturated rings. The van der Waals surface area contributed by atoms with E-state index in [-0.39, 0.29) is 12.6 Å². The van der Waals surface area contributed by atoms with E-state index in [2.05, 4.69) is 5.16 Å². The molecule has 102 valence electrons. The van der Waals surface area contributed by atoms with Gasteiger partial charge >= 0.3 is 5.97 Å². The van der Waals surface area contributed by atoms with Crippen LogP contribution in [0, 0.1) is 0 Å². The van der Waals surface area contributed by atoms with Gasteiger partial charge in [-0.3, -0.25) is 4.79 Å². The highest BCUT2D eigenvalue weighted by molar-refractivity contribution is 7.13. The Morgan fingerprint density at radius 3 is 2.85 bits per heavy atom. The standard InChI is InChI=1S/C14H11NO3S2/c16-14(8-11-3-1-5-19-11)17-9-10-7-12(18-15-10)13-4-2-6-20-13/h1-7H,8-9H2. The molecule has 3 heterocycles. The van der Waals surface area contributed by atoms with Gasteiger partial charge < -0.3 is 9.26 Å². The number of carbonyl (C=O) groups is 1. The zero-order valence-corrected chi connectivity index (χ0v) is 12.1. The first kappa shape index (κ1) is 13.1. The van der Waals surface area contributed by atoms with Gasteiger partial charge in [0.2, 0.25) is 0 Å². The van der Waals surface area contributed by atoms with Crippen molar-refractivity contribution in [3.05, 3.63) is 51.7 Å². The molecule has 0 atom stereocenters. The minimum Gasteiger partial charge on any atom is -0.459 e. The van der Waals surface area contributed by atoms with E-state index < -0.39 is 0 Å². The normalized spacial score (nSPS) is 10.6. The molecule has 20 heavy (non-hydrogen) atoms. The Hall–Kier alpha value is -1.92. The lowest BCUT2D eigenvalue weighted by atomic mass is 10.3. The molecule has 3 rings (SSSR count). The van der Waals surface area contributed by atoms with Crippen LogP contribution in [0.4, 0.5) is 0 Å². The van der Waals surface area contributed by atoms with Crippen molar-refractivity contribution in [2.24, 2.45) is 0 Å². The number of esters is 1. The highest BCUT2D eigenvalue weighted by Gasteiger charge is 2.10. The summed E-state index contributed by atoms with van der Waals surface area (Å²) in [5, 5.41) is 7.81. The first-order valence-electron chi connectivity index (χ1n) is 5.99. The van der Waals surface area contributed by atoms with Gasteiger partial charge in [0.1, 0.15) is 12.3 Å². The molecule has 0 aromatic carbocycles. The molecule has 0 aliphatic heterocycles. The monoisotopic (exact) mass is 305 g/mol. The maximum atomic E-state index is 11.6. The van der Waals surface area contributed by atoms with Crippen molar-refractivity contribution in [1.29, 1.82) is 0 Å². The Labute approximate surface area is 123 Å². The number of hydrogen-bond acceptors (Lipinski definition) is 6. The van der Waals surface area contributed by atoms with E-state index in [4.69, 9.17) is 9.26 Å². The van der Waals surface area contributed by atoms with Gasteiger partial charge in [0.25, 0.3) is 0 Å². The number of hydrogen-bond donors (Lipinski definition) is 0. The minimum atomic E-state index is -0.256. The first-order valence-corrected chi connectivity index (χ1v) is 7.74. The van der Waals surface area contributed by atoms with Crippen LogP contribution in [-0.2, 0) is 22.6 Å². The topological polar surface area (TPSA) is 52.3 Å². The maximum absolute atomic E-state index is 11.6. The van der Waals surface area contributed by atoms with Crippen molar-refractivity contribution >= 4 is 28.6 Å². The van der Waals surface area contributed by atoms with E-state index >= 15 is 0 Å². The van der Waals surface area contributed by atoms with E-state index in [1.807, 2.05) is 35.0 Å². The first-order chi connectivity index (χ1) is 9.81. The molecule has 0 aliphatic carbocycles. The Balaban J connectivity index is 1.55. The number of aromatic nitrogens is 1. The second-order valence-corrected chi connectivity index (χ2v) is 6.06. The molecule has 6 heteroatoms. The molecule has 0 N–H and O–H groups in total. The average Bonchev–Trinajstić information content (AvgIpc) is 3.18. The predicted octanol–water partition coefficient (Wildman–Crippen LogP) is 3.75. The molecule has 0 unspecified atom stereocenters. The summed E-state index contributed by atoms with van der Waals surface area (Å²) in [4.78, 5) is 13.7. The number of carbonyl (C=O) groups excluding carboxylic acids is 1. The second kappa shape index (κ2) is 6.02. The molecule has 4 nitrogen and oxygen atoms in total. The number of ether oxygens (including phenoxy) is 1. The molecule has 0 radical (unpaired) electrons. The van der Waals surface area contributed by atoms with Crippen LogP contribution in [0.15, 0.2) is 45.6 Å². The van der Waals surface area contributed by atoms with Crippen molar-refractivity contribution in [2.75, 3.05) is 0 Å². The largest absolute Gasteiger partial charge is 0.459 e. The van der Waals surface area contributed by atoms with E-state index in [1.165, 1.54) is 0 Å². The van der Waals surface area contributed by atoms with Crippen LogP contribution in [0.1, 0.15) is 10.6 Å². The van der Waals surface area contributed by atoms with Crippen LogP contribution in [0.5, 0.6) is 0 Å². The Bertz CT molecular complexity index is 671. The van der Waals surface area contributed by atoms with Crippen LogP contribution in [0.3, 0.4) is 0 Å². The van der Waals surface area contributed by atoms with Crippen molar-refractivity contribution < 1.29 is 14.1 Å². The van der Waals surface area contributed by atoms with Gasteiger partial charge in [-0.05, 0) is 22.9 Å². The Morgan fingerprint density at radius 2 is 2.10 bits per heavy atom. The molecule has 0 amide bonds. The fourth-order valence-electron chi connectivity index (χ4n) is 1.68. The molecular formula is C14H11NO3S2. The van der Waals surface area contributed by atoms with E-state index in [0.29, 0.717) is 17.9 Å². The van der Waals surface area contributed by atoms with Gasteiger partial charge in [-0.25, -0.2) is 0 Å². The van der Waals surface area contributed by atoms with Crippen molar-refractivity contribution in [1.82, 2.24) is 5.16 Å². The summed E-state index contributed by atoms with van der Waals surface area (Å²) in [5.74, 6) is 0.442. The Morgan fingerprint density at radius 1 is 1.25 bits per heavy atom. The molecule has 0 saturated carbocycles. The molecule has 0 saturated heterocycles. The number of rotatable bonds is 5. The van der Waals surface area contributed by atoms with Crippen molar-refractivity contribution in [2.45, 2.75) is 13.0 Å². The third kappa shape index (κ3) is 3.15. The third-order valence-electron chi connectivity index (χ3n) is 2.60. The number of thiophene rings is 2. The molecule has 0 aliphatic rings. The summed E-state index contributed by atoms with van der Waals surface area (Å²) in [6.45, 7) is 0.138. The van der Waals surface area contributed by atoms with E-state index in [9.17, 15) is 4.79 Å². The second-order valence-electron chi connectivity index (χ2n) is 4.08. The maximum Gasteiger partial charge on any atom is 0.311 e. The number of nitrogens with zero attached hydrogens (tertiary/aromatic N) is 1. The summed E-state index contributed by atoms with van der Waals surface area (Å²) in [6, 6.07) is 9.53. The smallest absolute Gasteiger partial charge is 0.311 e. The van der Waals surface area contributed by atoms with Gasteiger partial charge in [0.15, 0.2) is 5.76 Å².